The van der Waals surface area contributed by atoms with Crippen molar-refractivity contribution >= 4 is 22.9 Å². The van der Waals surface area contributed by atoms with Crippen molar-refractivity contribution in [2.75, 3.05) is 5.73 Å². The zero-order valence-electron chi connectivity index (χ0n) is 16.1. The molecule has 4 rings (SSSR count). The molecule has 3 heterocycles. The third kappa shape index (κ3) is 3.89. The molecule has 0 bridgehead atoms. The summed E-state index contributed by atoms with van der Waals surface area (Å²) >= 11 is 0. The highest BCUT2D eigenvalue weighted by atomic mass is 16.6. The number of anilines is 1. The Morgan fingerprint density at radius 3 is 2.90 bits per heavy atom. The molecule has 1 amide bonds. The van der Waals surface area contributed by atoms with E-state index in [2.05, 4.69) is 39.0 Å². The molecule has 5 N–H and O–H groups in total. The Kier molecular flexibility index (Phi) is 5.36. The van der Waals surface area contributed by atoms with Gasteiger partial charge in [-0.05, 0) is 25.2 Å². The summed E-state index contributed by atoms with van der Waals surface area (Å²) in [6.07, 6.45) is 1.03. The lowest BCUT2D eigenvalue weighted by Gasteiger charge is -2.16. The number of unbranched alkanes of at least 4 members (excludes halogenated alkanes) is 2. The van der Waals surface area contributed by atoms with Crippen LogP contribution in [0.3, 0.4) is 0 Å². The number of imidazole rings is 1. The summed E-state index contributed by atoms with van der Waals surface area (Å²) in [6.45, 7) is 2.08. The minimum Gasteiger partial charge on any atom is -0.387 e. The van der Waals surface area contributed by atoms with Gasteiger partial charge in [-0.1, -0.05) is 19.3 Å². The van der Waals surface area contributed by atoms with E-state index in [4.69, 9.17) is 10.5 Å². The molecule has 154 valence electrons. The van der Waals surface area contributed by atoms with Gasteiger partial charge in [0.2, 0.25) is 5.82 Å². The summed E-state index contributed by atoms with van der Waals surface area (Å²) in [4.78, 5) is 25.1. The molecule has 4 atom stereocenters. The predicted molar refractivity (Wildman–Crippen MR) is 103 cm³/mol. The van der Waals surface area contributed by atoms with Crippen LogP contribution in [0.4, 0.5) is 5.82 Å². The minimum absolute atomic E-state index is 0.116. The number of aliphatic hydroxyl groups is 2. The molecule has 0 radical (unpaired) electrons. The number of amides is 1. The molecule has 10 heteroatoms. The van der Waals surface area contributed by atoms with E-state index in [1.54, 1.807) is 0 Å². The maximum atomic E-state index is 12.3. The van der Waals surface area contributed by atoms with Gasteiger partial charge in [0.25, 0.3) is 5.91 Å². The van der Waals surface area contributed by atoms with E-state index in [9.17, 15) is 15.0 Å². The third-order valence-corrected chi connectivity index (χ3v) is 5.00. The number of aromatic nitrogens is 4. The number of nitrogens with zero attached hydrogens (tertiary/aromatic N) is 4. The Hall–Kier alpha value is -2.74. The highest BCUT2D eigenvalue weighted by molar-refractivity contribution is 5.83. The zero-order chi connectivity index (χ0) is 20.5. The predicted octanol–water partition coefficient (Wildman–Crippen LogP) is -0.152. The number of rotatable bonds is 5. The third-order valence-electron chi connectivity index (χ3n) is 5.00. The first-order chi connectivity index (χ1) is 14.0. The van der Waals surface area contributed by atoms with Gasteiger partial charge in [0, 0.05) is 12.5 Å². The molecule has 1 aliphatic carbocycles. The molecule has 1 saturated carbocycles. The Morgan fingerprint density at radius 2 is 2.17 bits per heavy atom. The number of nitrogen functional groups attached to an aromatic ring is 1. The highest BCUT2D eigenvalue weighted by Gasteiger charge is 2.48. The number of ether oxygens (including phenoxy) is 1. The average Bonchev–Trinajstić information content (AvgIpc) is 3.33. The average molecular weight is 400 g/mol. The van der Waals surface area contributed by atoms with Crippen molar-refractivity contribution in [1.82, 2.24) is 24.8 Å². The van der Waals surface area contributed by atoms with Crippen LogP contribution in [-0.4, -0.2) is 60.0 Å². The van der Waals surface area contributed by atoms with Crippen molar-refractivity contribution in [2.45, 2.75) is 69.6 Å². The first-order valence-electron chi connectivity index (χ1n) is 9.80. The molecule has 2 aromatic rings. The molecule has 0 aromatic carbocycles. The second kappa shape index (κ2) is 7.94. The Bertz CT molecular complexity index is 976. The molecule has 2 fully saturated rings. The van der Waals surface area contributed by atoms with E-state index >= 15 is 0 Å². The fourth-order valence-electron chi connectivity index (χ4n) is 3.20. The molecular formula is C19H24N6O4. The van der Waals surface area contributed by atoms with Gasteiger partial charge in [0.1, 0.15) is 17.7 Å². The maximum absolute atomic E-state index is 12.3. The standard InChI is InChI=1S/C19H24N6O4/c1-2-3-4-5-6-11-23-16(20)12-17(24-11)25(9-21-12)19-14(27)13(26)15(29-19)18(28)22-10-7-8-10/h9-10,13-15,19,26-27H,2-4,7-8H2,1H3,(H,22,28)(H2,20,23,24)/t13-,14+,15-,19+/m0/s1. The second-order valence-electron chi connectivity index (χ2n) is 7.37. The lowest BCUT2D eigenvalue weighted by Crippen LogP contribution is -2.43. The van der Waals surface area contributed by atoms with Crippen molar-refractivity contribution < 1.29 is 19.7 Å². The van der Waals surface area contributed by atoms with Crippen LogP contribution >= 0.6 is 0 Å². The van der Waals surface area contributed by atoms with E-state index in [0.29, 0.717) is 11.2 Å². The van der Waals surface area contributed by atoms with Crippen LogP contribution in [0.25, 0.3) is 11.2 Å². The zero-order valence-corrected chi connectivity index (χ0v) is 16.1. The summed E-state index contributed by atoms with van der Waals surface area (Å²) in [6, 6.07) is 0.116. The normalized spacial score (nSPS) is 26.3. The van der Waals surface area contributed by atoms with Gasteiger partial charge >= 0.3 is 0 Å². The SMILES string of the molecule is CCCCC#Cc1nc(N)c2ncn([C@@H]3O[C@H](C(=O)NC4CC4)[C@@H](O)[C@H]3O)c2n1. The summed E-state index contributed by atoms with van der Waals surface area (Å²) in [5.41, 5.74) is 6.64. The highest BCUT2D eigenvalue weighted by Crippen LogP contribution is 2.33. The molecular weight excluding hydrogens is 376 g/mol. The number of carbonyl (C=O) groups excluding carboxylic acids is 1. The molecule has 29 heavy (non-hydrogen) atoms. The fraction of sp³-hybridized carbons (Fsp3) is 0.579. The number of hydrogen-bond acceptors (Lipinski definition) is 8. The molecule has 1 saturated heterocycles. The van der Waals surface area contributed by atoms with Crippen LogP contribution in [0.1, 0.15) is 51.1 Å². The van der Waals surface area contributed by atoms with Crippen molar-refractivity contribution in [3.63, 3.8) is 0 Å². The molecule has 10 nitrogen and oxygen atoms in total. The quantitative estimate of drug-likeness (QED) is 0.400. The van der Waals surface area contributed by atoms with E-state index in [1.165, 1.54) is 10.9 Å². The smallest absolute Gasteiger partial charge is 0.252 e. The van der Waals surface area contributed by atoms with Gasteiger partial charge in [-0.15, -0.1) is 0 Å². The van der Waals surface area contributed by atoms with Crippen LogP contribution < -0.4 is 11.1 Å². The van der Waals surface area contributed by atoms with Gasteiger partial charge in [-0.3, -0.25) is 9.36 Å². The van der Waals surface area contributed by atoms with E-state index in [-0.39, 0.29) is 17.7 Å². The maximum Gasteiger partial charge on any atom is 0.252 e. The molecule has 2 aliphatic rings. The van der Waals surface area contributed by atoms with Gasteiger partial charge < -0.3 is 26.0 Å². The van der Waals surface area contributed by atoms with Gasteiger partial charge in [0.05, 0.1) is 6.33 Å². The van der Waals surface area contributed by atoms with Crippen molar-refractivity contribution in [2.24, 2.45) is 0 Å². The lowest BCUT2D eigenvalue weighted by molar-refractivity contribution is -0.137. The van der Waals surface area contributed by atoms with E-state index in [0.717, 1.165) is 32.1 Å². The van der Waals surface area contributed by atoms with Crippen LogP contribution in [-0.2, 0) is 9.53 Å². The number of fused-ring (bicyclic) bond motifs is 1. The topological polar surface area (TPSA) is 148 Å². The summed E-state index contributed by atoms with van der Waals surface area (Å²) in [5, 5.41) is 23.6. The fourth-order valence-corrected chi connectivity index (χ4v) is 3.20. The van der Waals surface area contributed by atoms with E-state index < -0.39 is 30.4 Å². The van der Waals surface area contributed by atoms with Crippen LogP contribution in [0.5, 0.6) is 0 Å². The number of hydrogen-bond donors (Lipinski definition) is 4. The summed E-state index contributed by atoms with van der Waals surface area (Å²) in [7, 11) is 0. The minimum atomic E-state index is -1.37. The Morgan fingerprint density at radius 1 is 1.38 bits per heavy atom. The first-order valence-corrected chi connectivity index (χ1v) is 9.80. The van der Waals surface area contributed by atoms with Gasteiger partial charge in [-0.2, -0.15) is 0 Å². The van der Waals surface area contributed by atoms with Crippen molar-refractivity contribution in [3.8, 4) is 11.8 Å². The van der Waals surface area contributed by atoms with Crippen molar-refractivity contribution in [1.29, 1.82) is 0 Å². The summed E-state index contributed by atoms with van der Waals surface area (Å²) in [5.74, 6) is 5.84. The lowest BCUT2D eigenvalue weighted by atomic mass is 10.1. The van der Waals surface area contributed by atoms with E-state index in [1.807, 2.05) is 0 Å². The number of nitrogens with two attached hydrogens (primary N) is 1. The molecule has 0 spiro atoms. The summed E-state index contributed by atoms with van der Waals surface area (Å²) < 4.78 is 7.14. The van der Waals surface area contributed by atoms with Crippen LogP contribution in [0.2, 0.25) is 0 Å². The number of aliphatic hydroxyl groups excluding tert-OH is 2. The van der Waals surface area contributed by atoms with Gasteiger partial charge in [0.15, 0.2) is 23.8 Å². The molecule has 1 aliphatic heterocycles. The number of carbonyl (C=O) groups is 1. The molecule has 2 aromatic heterocycles. The second-order valence-corrected chi connectivity index (χ2v) is 7.37. The van der Waals surface area contributed by atoms with Crippen LogP contribution in [0.15, 0.2) is 6.33 Å². The Labute approximate surface area is 167 Å². The first kappa shape index (κ1) is 19.6. The Balaban J connectivity index is 1.61. The van der Waals surface area contributed by atoms with Gasteiger partial charge in [-0.25, -0.2) is 15.0 Å². The monoisotopic (exact) mass is 400 g/mol. The van der Waals surface area contributed by atoms with Crippen molar-refractivity contribution in [3.05, 3.63) is 12.2 Å². The number of nitrogens with one attached hydrogen (secondary N) is 1. The molecule has 0 unspecified atom stereocenters. The van der Waals surface area contributed by atoms with Crippen LogP contribution in [0, 0.1) is 11.8 Å². The largest absolute Gasteiger partial charge is 0.387 e.